The highest BCUT2D eigenvalue weighted by atomic mass is 32.2. The quantitative estimate of drug-likeness (QED) is 0.538. The molecule has 1 rings (SSSR count). The Kier molecular flexibility index (Phi) is 4.49. The Labute approximate surface area is 90.1 Å². The summed E-state index contributed by atoms with van der Waals surface area (Å²) < 4.78 is 27.2. The van der Waals surface area contributed by atoms with E-state index in [1.807, 2.05) is 6.92 Å². The van der Waals surface area contributed by atoms with Crippen LogP contribution in [0.25, 0.3) is 0 Å². The zero-order valence-corrected chi connectivity index (χ0v) is 9.63. The van der Waals surface area contributed by atoms with E-state index in [0.717, 1.165) is 6.42 Å². The Morgan fingerprint density at radius 3 is 2.53 bits per heavy atom. The van der Waals surface area contributed by atoms with Gasteiger partial charge in [-0.2, -0.15) is 12.7 Å². The van der Waals surface area contributed by atoms with E-state index < -0.39 is 10.2 Å². The molecule has 0 aromatic carbocycles. The number of nitrogens with zero attached hydrogens (tertiary/aromatic N) is 2. The predicted octanol–water partition coefficient (Wildman–Crippen LogP) is 0.157. The van der Waals surface area contributed by atoms with Gasteiger partial charge in [0.15, 0.2) is 0 Å². The molecule has 1 fully saturated rings. The van der Waals surface area contributed by atoms with Crippen molar-refractivity contribution >= 4 is 15.9 Å². The molecule has 7 heteroatoms. The van der Waals surface area contributed by atoms with Crippen molar-refractivity contribution in [3.8, 4) is 0 Å². The normalized spacial score (nSPS) is 19.1. The summed E-state index contributed by atoms with van der Waals surface area (Å²) >= 11 is 0. The van der Waals surface area contributed by atoms with E-state index in [0.29, 0.717) is 38.2 Å². The zero-order valence-electron chi connectivity index (χ0n) is 8.81. The van der Waals surface area contributed by atoms with Gasteiger partial charge in [0.25, 0.3) is 10.2 Å². The van der Waals surface area contributed by atoms with Crippen LogP contribution >= 0.6 is 0 Å². The van der Waals surface area contributed by atoms with Crippen LogP contribution in [-0.2, 0) is 10.2 Å². The van der Waals surface area contributed by atoms with E-state index in [1.165, 1.54) is 4.31 Å². The van der Waals surface area contributed by atoms with Gasteiger partial charge < -0.3 is 5.21 Å². The van der Waals surface area contributed by atoms with Gasteiger partial charge in [0.1, 0.15) is 0 Å². The van der Waals surface area contributed by atoms with Crippen LogP contribution in [-0.4, -0.2) is 43.3 Å². The fraction of sp³-hybridized carbons (Fsp3) is 0.875. The van der Waals surface area contributed by atoms with E-state index in [9.17, 15) is 8.42 Å². The fourth-order valence-corrected chi connectivity index (χ4v) is 2.71. The molecule has 15 heavy (non-hydrogen) atoms. The first kappa shape index (κ1) is 12.4. The smallest absolute Gasteiger partial charge is 0.279 e. The van der Waals surface area contributed by atoms with E-state index in [2.05, 4.69) is 9.88 Å². The molecule has 0 bridgehead atoms. The van der Waals surface area contributed by atoms with E-state index in [4.69, 9.17) is 5.21 Å². The average Bonchev–Trinajstić information content (AvgIpc) is 2.26. The summed E-state index contributed by atoms with van der Waals surface area (Å²) in [5, 5.41) is 11.6. The molecule has 0 spiro atoms. The van der Waals surface area contributed by atoms with Crippen LogP contribution in [0.5, 0.6) is 0 Å². The van der Waals surface area contributed by atoms with Crippen molar-refractivity contribution in [3.05, 3.63) is 0 Å². The standard InChI is InChI=1S/C8H17N3O3S/c1-2-5-9-15(13,14)11-6-3-8(10-12)4-7-11/h9,12H,2-7H2,1H3. The lowest BCUT2D eigenvalue weighted by molar-refractivity contribution is 0.309. The number of hydrogen-bond donors (Lipinski definition) is 2. The van der Waals surface area contributed by atoms with Crippen LogP contribution in [0.1, 0.15) is 26.2 Å². The number of nitrogens with one attached hydrogen (secondary N) is 1. The van der Waals surface area contributed by atoms with Gasteiger partial charge >= 0.3 is 0 Å². The van der Waals surface area contributed by atoms with Gasteiger partial charge in [-0.3, -0.25) is 0 Å². The molecule has 2 N–H and O–H groups in total. The summed E-state index contributed by atoms with van der Waals surface area (Å²) in [5.41, 5.74) is 0.664. The number of piperidine rings is 1. The monoisotopic (exact) mass is 235 g/mol. The van der Waals surface area contributed by atoms with Crippen molar-refractivity contribution in [2.75, 3.05) is 19.6 Å². The molecule has 6 nitrogen and oxygen atoms in total. The first-order valence-electron chi connectivity index (χ1n) is 5.04. The number of hydrogen-bond acceptors (Lipinski definition) is 4. The SMILES string of the molecule is CCCNS(=O)(=O)N1CCC(=NO)CC1. The number of rotatable bonds is 4. The minimum Gasteiger partial charge on any atom is -0.411 e. The average molecular weight is 235 g/mol. The summed E-state index contributed by atoms with van der Waals surface area (Å²) in [4.78, 5) is 0. The first-order chi connectivity index (χ1) is 7.10. The zero-order chi connectivity index (χ0) is 11.3. The summed E-state index contributed by atoms with van der Waals surface area (Å²) in [5.74, 6) is 0. The lowest BCUT2D eigenvalue weighted by Crippen LogP contribution is -2.45. The summed E-state index contributed by atoms with van der Waals surface area (Å²) in [6.07, 6.45) is 1.78. The highest BCUT2D eigenvalue weighted by Crippen LogP contribution is 2.10. The molecule has 0 aromatic rings. The first-order valence-corrected chi connectivity index (χ1v) is 6.48. The maximum Gasteiger partial charge on any atom is 0.279 e. The Morgan fingerprint density at radius 1 is 1.47 bits per heavy atom. The van der Waals surface area contributed by atoms with Crippen LogP contribution in [0.2, 0.25) is 0 Å². The summed E-state index contributed by atoms with van der Waals surface area (Å²) in [6, 6.07) is 0. The van der Waals surface area contributed by atoms with Crippen LogP contribution in [0.3, 0.4) is 0 Å². The third-order valence-electron chi connectivity index (χ3n) is 2.32. The van der Waals surface area contributed by atoms with Crippen LogP contribution in [0.15, 0.2) is 5.16 Å². The molecule has 88 valence electrons. The second kappa shape index (κ2) is 5.43. The molecule has 1 aliphatic rings. The second-order valence-corrected chi connectivity index (χ2v) is 5.22. The lowest BCUT2D eigenvalue weighted by Gasteiger charge is -2.26. The maximum absolute atomic E-state index is 11.7. The molecule has 1 heterocycles. The van der Waals surface area contributed by atoms with Crippen molar-refractivity contribution in [2.45, 2.75) is 26.2 Å². The van der Waals surface area contributed by atoms with Crippen molar-refractivity contribution in [1.29, 1.82) is 0 Å². The molecular formula is C8H17N3O3S. The van der Waals surface area contributed by atoms with Crippen LogP contribution in [0, 0.1) is 0 Å². The highest BCUT2D eigenvalue weighted by molar-refractivity contribution is 7.87. The van der Waals surface area contributed by atoms with Gasteiger partial charge in [-0.25, -0.2) is 4.72 Å². The molecular weight excluding hydrogens is 218 g/mol. The van der Waals surface area contributed by atoms with E-state index in [-0.39, 0.29) is 0 Å². The Bertz CT molecular complexity index is 316. The van der Waals surface area contributed by atoms with Gasteiger partial charge in [-0.1, -0.05) is 12.1 Å². The van der Waals surface area contributed by atoms with E-state index in [1.54, 1.807) is 0 Å². The summed E-state index contributed by atoms with van der Waals surface area (Å²) in [7, 11) is -3.33. The molecule has 0 radical (unpaired) electrons. The van der Waals surface area contributed by atoms with Crippen molar-refractivity contribution in [1.82, 2.24) is 9.03 Å². The molecule has 1 saturated heterocycles. The van der Waals surface area contributed by atoms with Crippen molar-refractivity contribution in [3.63, 3.8) is 0 Å². The molecule has 0 saturated carbocycles. The van der Waals surface area contributed by atoms with Crippen LogP contribution < -0.4 is 4.72 Å². The maximum atomic E-state index is 11.7. The molecule has 1 aliphatic heterocycles. The second-order valence-electron chi connectivity index (χ2n) is 3.46. The van der Waals surface area contributed by atoms with Crippen molar-refractivity contribution < 1.29 is 13.6 Å². The largest absolute Gasteiger partial charge is 0.411 e. The van der Waals surface area contributed by atoms with Gasteiger partial charge in [-0.05, 0) is 6.42 Å². The van der Waals surface area contributed by atoms with Gasteiger partial charge in [0.05, 0.1) is 5.71 Å². The van der Waals surface area contributed by atoms with Gasteiger partial charge in [0.2, 0.25) is 0 Å². The molecule has 0 aromatic heterocycles. The fourth-order valence-electron chi connectivity index (χ4n) is 1.41. The predicted molar refractivity (Wildman–Crippen MR) is 57.2 cm³/mol. The van der Waals surface area contributed by atoms with Crippen LogP contribution in [0.4, 0.5) is 0 Å². The Hall–Kier alpha value is -0.660. The summed E-state index contributed by atoms with van der Waals surface area (Å²) in [6.45, 7) is 3.14. The molecule has 0 aliphatic carbocycles. The molecule has 0 unspecified atom stereocenters. The van der Waals surface area contributed by atoms with Crippen molar-refractivity contribution in [2.24, 2.45) is 5.16 Å². The Morgan fingerprint density at radius 2 is 2.07 bits per heavy atom. The third-order valence-corrected chi connectivity index (χ3v) is 3.93. The minimum absolute atomic E-state index is 0.387. The van der Waals surface area contributed by atoms with Gasteiger partial charge in [0, 0.05) is 32.5 Å². The lowest BCUT2D eigenvalue weighted by atomic mass is 10.1. The van der Waals surface area contributed by atoms with E-state index >= 15 is 0 Å². The minimum atomic E-state index is -3.33. The third kappa shape index (κ3) is 3.44. The number of oxime groups is 1. The Balaban J connectivity index is 2.52. The highest BCUT2D eigenvalue weighted by Gasteiger charge is 2.25. The topological polar surface area (TPSA) is 82.0 Å². The van der Waals surface area contributed by atoms with Gasteiger partial charge in [-0.15, -0.1) is 0 Å². The molecule has 0 amide bonds. The molecule has 0 atom stereocenters.